The van der Waals surface area contributed by atoms with Crippen LogP contribution in [0.5, 0.6) is 0 Å². The first kappa shape index (κ1) is 14.1. The lowest BCUT2D eigenvalue weighted by molar-refractivity contribution is -0.117. The Morgan fingerprint density at radius 1 is 1.56 bits per heavy atom. The number of anilines is 1. The van der Waals surface area contributed by atoms with Crippen LogP contribution < -0.4 is 10.6 Å². The van der Waals surface area contributed by atoms with Crippen LogP contribution in [0.2, 0.25) is 5.02 Å². The summed E-state index contributed by atoms with van der Waals surface area (Å²) in [5.74, 6) is 0.494. The Morgan fingerprint density at radius 3 is 3.06 bits per heavy atom. The number of carbonyl (C=O) groups is 1. The molecule has 0 radical (unpaired) electrons. The van der Waals surface area contributed by atoms with Crippen molar-refractivity contribution in [2.75, 3.05) is 18.4 Å². The monoisotopic (exact) mass is 378 g/mol. The number of rotatable bonds is 3. The number of benzene rings is 1. The average molecular weight is 379 g/mol. The lowest BCUT2D eigenvalue weighted by atomic mass is 9.96. The molecule has 2 N–H and O–H groups in total. The molecule has 1 aromatic rings. The molecule has 1 saturated heterocycles. The van der Waals surface area contributed by atoms with Gasteiger partial charge in [-0.1, -0.05) is 11.6 Å². The van der Waals surface area contributed by atoms with E-state index in [0.29, 0.717) is 23.0 Å². The van der Waals surface area contributed by atoms with Gasteiger partial charge in [-0.15, -0.1) is 0 Å². The molecule has 0 bridgehead atoms. The third-order valence-corrected chi connectivity index (χ3v) is 4.06. The summed E-state index contributed by atoms with van der Waals surface area (Å²) in [4.78, 5) is 11.9. The predicted molar refractivity (Wildman–Crippen MR) is 83.0 cm³/mol. The number of piperidine rings is 1. The van der Waals surface area contributed by atoms with Gasteiger partial charge in [0, 0.05) is 9.99 Å². The van der Waals surface area contributed by atoms with Crippen molar-refractivity contribution in [1.82, 2.24) is 5.32 Å². The molecule has 1 fully saturated rings. The van der Waals surface area contributed by atoms with Gasteiger partial charge in [-0.2, -0.15) is 0 Å². The fraction of sp³-hybridized carbons (Fsp3) is 0.462. The highest BCUT2D eigenvalue weighted by Crippen LogP contribution is 2.24. The van der Waals surface area contributed by atoms with Crippen LogP contribution >= 0.6 is 34.2 Å². The zero-order valence-corrected chi connectivity index (χ0v) is 12.9. The van der Waals surface area contributed by atoms with Gasteiger partial charge >= 0.3 is 0 Å². The predicted octanol–water partition coefficient (Wildman–Crippen LogP) is 3.27. The number of amides is 1. The van der Waals surface area contributed by atoms with Crippen LogP contribution in [0.25, 0.3) is 0 Å². The molecule has 1 aromatic carbocycles. The smallest absolute Gasteiger partial charge is 0.224 e. The number of nitrogens with one attached hydrogen (secondary N) is 2. The molecule has 5 heteroatoms. The van der Waals surface area contributed by atoms with Gasteiger partial charge in [0.2, 0.25) is 5.91 Å². The maximum atomic E-state index is 11.9. The molecule has 1 unspecified atom stereocenters. The van der Waals surface area contributed by atoms with Gasteiger partial charge in [-0.25, -0.2) is 0 Å². The zero-order valence-electron chi connectivity index (χ0n) is 10.0. The van der Waals surface area contributed by atoms with Gasteiger partial charge in [0.1, 0.15) is 0 Å². The molecule has 0 aliphatic carbocycles. The molecule has 98 valence electrons. The number of halogens is 2. The second kappa shape index (κ2) is 6.73. The maximum Gasteiger partial charge on any atom is 0.224 e. The summed E-state index contributed by atoms with van der Waals surface area (Å²) >= 11 is 8.28. The van der Waals surface area contributed by atoms with Crippen molar-refractivity contribution in [3.8, 4) is 0 Å². The zero-order chi connectivity index (χ0) is 13.0. The minimum atomic E-state index is 0.0480. The van der Waals surface area contributed by atoms with E-state index in [-0.39, 0.29) is 5.91 Å². The minimum absolute atomic E-state index is 0.0480. The molecule has 0 saturated carbocycles. The Balaban J connectivity index is 1.90. The summed E-state index contributed by atoms with van der Waals surface area (Å²) in [6.07, 6.45) is 2.85. The third-order valence-electron chi connectivity index (χ3n) is 3.08. The molecule has 0 spiro atoms. The van der Waals surface area contributed by atoms with Crippen molar-refractivity contribution in [2.45, 2.75) is 19.3 Å². The normalized spacial score (nSPS) is 19.6. The molecule has 1 aliphatic heterocycles. The van der Waals surface area contributed by atoms with E-state index in [1.54, 1.807) is 0 Å². The highest BCUT2D eigenvalue weighted by Gasteiger charge is 2.17. The average Bonchev–Trinajstić information content (AvgIpc) is 2.34. The van der Waals surface area contributed by atoms with Crippen LogP contribution in [-0.4, -0.2) is 19.0 Å². The molecule has 18 heavy (non-hydrogen) atoms. The first-order chi connectivity index (χ1) is 8.65. The van der Waals surface area contributed by atoms with E-state index < -0.39 is 0 Å². The Kier molecular flexibility index (Phi) is 5.26. The highest BCUT2D eigenvalue weighted by molar-refractivity contribution is 14.1. The lowest BCUT2D eigenvalue weighted by Gasteiger charge is -2.22. The van der Waals surface area contributed by atoms with E-state index in [2.05, 4.69) is 33.2 Å². The van der Waals surface area contributed by atoms with Crippen molar-refractivity contribution in [3.63, 3.8) is 0 Å². The van der Waals surface area contributed by atoms with Crippen molar-refractivity contribution in [2.24, 2.45) is 5.92 Å². The van der Waals surface area contributed by atoms with Gasteiger partial charge < -0.3 is 10.6 Å². The molecule has 0 aromatic heterocycles. The summed E-state index contributed by atoms with van der Waals surface area (Å²) < 4.78 is 1.06. The fourth-order valence-electron chi connectivity index (χ4n) is 2.15. The topological polar surface area (TPSA) is 41.1 Å². The molecule has 2 rings (SSSR count). The molecular formula is C13H16ClIN2O. The van der Waals surface area contributed by atoms with Crippen LogP contribution in [0.4, 0.5) is 5.69 Å². The third kappa shape index (κ3) is 4.10. The Hall–Kier alpha value is -0.330. The standard InChI is InChI=1S/C13H16ClIN2O/c14-11-7-10(15)3-4-12(11)17-13(18)6-9-2-1-5-16-8-9/h3-4,7,9,16H,1-2,5-6,8H2,(H,17,18). The van der Waals surface area contributed by atoms with Crippen molar-refractivity contribution in [3.05, 3.63) is 26.8 Å². The van der Waals surface area contributed by atoms with E-state index in [1.165, 1.54) is 0 Å². The second-order valence-electron chi connectivity index (χ2n) is 4.59. The SMILES string of the molecule is O=C(CC1CCCNC1)Nc1ccc(I)cc1Cl. The van der Waals surface area contributed by atoms with Crippen LogP contribution in [0.1, 0.15) is 19.3 Å². The van der Waals surface area contributed by atoms with Crippen LogP contribution in [0.3, 0.4) is 0 Å². The van der Waals surface area contributed by atoms with Crippen molar-refractivity contribution < 1.29 is 4.79 Å². The number of carbonyl (C=O) groups excluding carboxylic acids is 1. The molecule has 1 atom stereocenters. The first-order valence-electron chi connectivity index (χ1n) is 6.11. The van der Waals surface area contributed by atoms with E-state index in [0.717, 1.165) is 29.5 Å². The first-order valence-corrected chi connectivity index (χ1v) is 7.56. The van der Waals surface area contributed by atoms with Crippen LogP contribution in [-0.2, 0) is 4.79 Å². The maximum absolute atomic E-state index is 11.9. The summed E-state index contributed by atoms with van der Waals surface area (Å²) in [5, 5.41) is 6.79. The van der Waals surface area contributed by atoms with Crippen molar-refractivity contribution in [1.29, 1.82) is 0 Å². The Bertz CT molecular complexity index is 433. The van der Waals surface area contributed by atoms with Gasteiger partial charge in [0.15, 0.2) is 0 Å². The molecule has 1 amide bonds. The number of hydrogen-bond donors (Lipinski definition) is 2. The quantitative estimate of drug-likeness (QED) is 0.793. The fourth-order valence-corrected chi connectivity index (χ4v) is 3.06. The molecule has 1 heterocycles. The summed E-state index contributed by atoms with van der Waals surface area (Å²) in [6.45, 7) is 2.01. The minimum Gasteiger partial charge on any atom is -0.325 e. The van der Waals surface area contributed by atoms with E-state index >= 15 is 0 Å². The van der Waals surface area contributed by atoms with Crippen molar-refractivity contribution >= 4 is 45.8 Å². The van der Waals surface area contributed by atoms with Gasteiger partial charge in [0.05, 0.1) is 10.7 Å². The van der Waals surface area contributed by atoms with Gasteiger partial charge in [-0.05, 0) is 72.6 Å². The molecular weight excluding hydrogens is 363 g/mol. The largest absolute Gasteiger partial charge is 0.325 e. The summed E-state index contributed by atoms with van der Waals surface area (Å²) in [6, 6.07) is 5.63. The lowest BCUT2D eigenvalue weighted by Crippen LogP contribution is -2.32. The van der Waals surface area contributed by atoms with Gasteiger partial charge in [-0.3, -0.25) is 4.79 Å². The number of hydrogen-bond acceptors (Lipinski definition) is 2. The van der Waals surface area contributed by atoms with Crippen LogP contribution in [0.15, 0.2) is 18.2 Å². The Morgan fingerprint density at radius 2 is 2.39 bits per heavy atom. The molecule has 1 aliphatic rings. The highest BCUT2D eigenvalue weighted by atomic mass is 127. The molecule has 3 nitrogen and oxygen atoms in total. The van der Waals surface area contributed by atoms with E-state index in [1.807, 2.05) is 18.2 Å². The summed E-state index contributed by atoms with van der Waals surface area (Å²) in [5.41, 5.74) is 0.700. The van der Waals surface area contributed by atoms with E-state index in [4.69, 9.17) is 11.6 Å². The van der Waals surface area contributed by atoms with E-state index in [9.17, 15) is 4.79 Å². The van der Waals surface area contributed by atoms with Crippen LogP contribution in [0, 0.1) is 9.49 Å². The Labute approximate surface area is 126 Å². The second-order valence-corrected chi connectivity index (χ2v) is 6.24. The van der Waals surface area contributed by atoms with Gasteiger partial charge in [0.25, 0.3) is 0 Å². The summed E-state index contributed by atoms with van der Waals surface area (Å²) in [7, 11) is 0.